The first-order valence-corrected chi connectivity index (χ1v) is 9.16. The number of nitrogens with two attached hydrogens (primary N) is 3. The summed E-state index contributed by atoms with van der Waals surface area (Å²) in [6, 6.07) is -5.47. The number of nitrogens with zero attached hydrogens (tertiary/aromatic N) is 1. The van der Waals surface area contributed by atoms with Crippen molar-refractivity contribution in [2.45, 2.75) is 50.4 Å². The van der Waals surface area contributed by atoms with Crippen LogP contribution in [0.2, 0.25) is 0 Å². The number of nitrogens with one attached hydrogen (secondary N) is 3. The Labute approximate surface area is 177 Å². The van der Waals surface area contributed by atoms with E-state index in [2.05, 4.69) is 20.9 Å². The second kappa shape index (κ2) is 13.7. The molecule has 15 heteroatoms. The van der Waals surface area contributed by atoms with Crippen molar-refractivity contribution in [3.8, 4) is 0 Å². The van der Waals surface area contributed by atoms with Crippen molar-refractivity contribution in [3.63, 3.8) is 0 Å². The molecule has 0 aromatic rings. The van der Waals surface area contributed by atoms with Crippen LogP contribution in [0.15, 0.2) is 4.99 Å². The molecule has 176 valence electrons. The summed E-state index contributed by atoms with van der Waals surface area (Å²) >= 11 is 0. The lowest BCUT2D eigenvalue weighted by Gasteiger charge is -2.23. The van der Waals surface area contributed by atoms with Gasteiger partial charge in [-0.3, -0.25) is 29.0 Å². The standard InChI is InChI=1S/C16H29N7O8/c1-7(15(30)31)21-14(29)10(6-24)23-13(28)9(3-2-4-20-16(18)19)22-12(27)8(17)5-11(25)26/h7-10,24H,2-6,17H2,1H3,(H,21,29)(H,22,27)(H,23,28)(H,25,26)(H,30,31)(H4,18,19,20). The minimum atomic E-state index is -1.50. The van der Waals surface area contributed by atoms with E-state index in [4.69, 9.17) is 27.4 Å². The van der Waals surface area contributed by atoms with Gasteiger partial charge in [0.25, 0.3) is 0 Å². The molecule has 15 nitrogen and oxygen atoms in total. The molecular formula is C16H29N7O8. The third kappa shape index (κ3) is 11.3. The molecule has 0 fully saturated rings. The predicted octanol–water partition coefficient (Wildman–Crippen LogP) is -4.61. The molecule has 0 spiro atoms. The van der Waals surface area contributed by atoms with Crippen molar-refractivity contribution >= 4 is 35.6 Å². The van der Waals surface area contributed by atoms with Crippen LogP contribution in [0.1, 0.15) is 26.2 Å². The zero-order chi connectivity index (χ0) is 24.1. The Morgan fingerprint density at radius 1 is 0.935 bits per heavy atom. The van der Waals surface area contributed by atoms with Crippen LogP contribution in [0.3, 0.4) is 0 Å². The number of rotatable bonds is 14. The van der Waals surface area contributed by atoms with E-state index in [0.29, 0.717) is 0 Å². The van der Waals surface area contributed by atoms with E-state index in [1.165, 1.54) is 6.92 Å². The summed E-state index contributed by atoms with van der Waals surface area (Å²) in [7, 11) is 0. The van der Waals surface area contributed by atoms with Gasteiger partial charge in [0.15, 0.2) is 5.96 Å². The fourth-order valence-corrected chi connectivity index (χ4v) is 2.17. The molecule has 4 atom stereocenters. The first kappa shape index (κ1) is 27.5. The molecule has 0 aromatic heterocycles. The number of aliphatic hydroxyl groups is 1. The van der Waals surface area contributed by atoms with E-state index in [9.17, 15) is 29.1 Å². The van der Waals surface area contributed by atoms with Crippen molar-refractivity contribution in [1.82, 2.24) is 16.0 Å². The van der Waals surface area contributed by atoms with Crippen LogP contribution in [-0.2, 0) is 24.0 Å². The molecule has 0 bridgehead atoms. The SMILES string of the molecule is CC(NC(=O)C(CO)NC(=O)C(CCCN=C(N)N)NC(=O)C(N)CC(=O)O)C(=O)O. The number of aliphatic hydroxyl groups excluding tert-OH is 1. The summed E-state index contributed by atoms with van der Waals surface area (Å²) in [5, 5.41) is 33.5. The number of carboxylic acids is 2. The molecule has 4 unspecified atom stereocenters. The van der Waals surface area contributed by atoms with E-state index < -0.39 is 66.9 Å². The molecule has 31 heavy (non-hydrogen) atoms. The Balaban J connectivity index is 5.24. The molecule has 3 amide bonds. The van der Waals surface area contributed by atoms with Crippen LogP contribution in [0.5, 0.6) is 0 Å². The van der Waals surface area contributed by atoms with Crippen LogP contribution >= 0.6 is 0 Å². The predicted molar refractivity (Wildman–Crippen MR) is 106 cm³/mol. The van der Waals surface area contributed by atoms with Gasteiger partial charge in [-0.15, -0.1) is 0 Å². The fraction of sp³-hybridized carbons (Fsp3) is 0.625. The van der Waals surface area contributed by atoms with E-state index in [0.717, 1.165) is 0 Å². The first-order chi connectivity index (χ1) is 14.4. The highest BCUT2D eigenvalue weighted by Crippen LogP contribution is 2.02. The average molecular weight is 447 g/mol. The Kier molecular flexibility index (Phi) is 12.2. The summed E-state index contributed by atoms with van der Waals surface area (Å²) in [6.07, 6.45) is -0.473. The Morgan fingerprint density at radius 2 is 1.48 bits per heavy atom. The van der Waals surface area contributed by atoms with Crippen LogP contribution in [0, 0.1) is 0 Å². The largest absolute Gasteiger partial charge is 0.481 e. The highest BCUT2D eigenvalue weighted by Gasteiger charge is 2.29. The Bertz CT molecular complexity index is 695. The van der Waals surface area contributed by atoms with Crippen molar-refractivity contribution in [3.05, 3.63) is 0 Å². The number of amides is 3. The van der Waals surface area contributed by atoms with Gasteiger partial charge in [-0.05, 0) is 19.8 Å². The molecule has 0 aromatic carbocycles. The van der Waals surface area contributed by atoms with Gasteiger partial charge in [-0.1, -0.05) is 0 Å². The molecule has 0 aliphatic rings. The van der Waals surface area contributed by atoms with Gasteiger partial charge in [-0.25, -0.2) is 0 Å². The van der Waals surface area contributed by atoms with Gasteiger partial charge in [0.1, 0.15) is 18.1 Å². The van der Waals surface area contributed by atoms with Crippen molar-refractivity contribution < 1.29 is 39.3 Å². The molecular weight excluding hydrogens is 418 g/mol. The van der Waals surface area contributed by atoms with Crippen molar-refractivity contribution in [2.75, 3.05) is 13.2 Å². The zero-order valence-electron chi connectivity index (χ0n) is 16.9. The quantitative estimate of drug-likeness (QED) is 0.0693. The number of carboxylic acid groups (broad SMARTS) is 2. The summed E-state index contributed by atoms with van der Waals surface area (Å²) in [5.41, 5.74) is 15.9. The smallest absolute Gasteiger partial charge is 0.325 e. The molecule has 0 aliphatic carbocycles. The van der Waals surface area contributed by atoms with Gasteiger partial charge in [0, 0.05) is 6.54 Å². The lowest BCUT2D eigenvalue weighted by atomic mass is 10.1. The molecule has 0 saturated heterocycles. The number of carbonyl (C=O) groups excluding carboxylic acids is 3. The van der Waals surface area contributed by atoms with Gasteiger partial charge in [0.2, 0.25) is 17.7 Å². The van der Waals surface area contributed by atoms with Crippen LogP contribution in [0.4, 0.5) is 0 Å². The minimum absolute atomic E-state index is 0.0144. The van der Waals surface area contributed by atoms with Crippen molar-refractivity contribution in [2.24, 2.45) is 22.2 Å². The summed E-state index contributed by atoms with van der Waals surface area (Å²) in [4.78, 5) is 62.0. The lowest BCUT2D eigenvalue weighted by Crippen LogP contribution is -2.58. The Morgan fingerprint density at radius 3 is 1.97 bits per heavy atom. The number of aliphatic carboxylic acids is 2. The van der Waals surface area contributed by atoms with Crippen molar-refractivity contribution in [1.29, 1.82) is 0 Å². The molecule has 0 rings (SSSR count). The molecule has 0 aliphatic heterocycles. The second-order valence-electron chi connectivity index (χ2n) is 6.53. The lowest BCUT2D eigenvalue weighted by molar-refractivity contribution is -0.142. The van der Waals surface area contributed by atoms with E-state index in [-0.39, 0.29) is 25.3 Å². The molecule has 0 heterocycles. The normalized spacial score (nSPS) is 14.3. The van der Waals surface area contributed by atoms with E-state index >= 15 is 0 Å². The second-order valence-corrected chi connectivity index (χ2v) is 6.53. The zero-order valence-corrected chi connectivity index (χ0v) is 16.9. The first-order valence-electron chi connectivity index (χ1n) is 9.16. The maximum Gasteiger partial charge on any atom is 0.325 e. The molecule has 0 saturated carbocycles. The number of carbonyl (C=O) groups is 5. The number of guanidine groups is 1. The maximum absolute atomic E-state index is 12.6. The Hall–Kier alpha value is -3.46. The highest BCUT2D eigenvalue weighted by atomic mass is 16.4. The van der Waals surface area contributed by atoms with E-state index in [1.54, 1.807) is 0 Å². The van der Waals surface area contributed by atoms with Crippen LogP contribution in [-0.4, -0.2) is 88.3 Å². The monoisotopic (exact) mass is 447 g/mol. The van der Waals surface area contributed by atoms with Crippen LogP contribution in [0.25, 0.3) is 0 Å². The summed E-state index contributed by atoms with van der Waals surface area (Å²) in [5.74, 6) is -5.60. The number of hydrogen-bond donors (Lipinski definition) is 9. The van der Waals surface area contributed by atoms with E-state index in [1.807, 2.05) is 0 Å². The van der Waals surface area contributed by atoms with Crippen LogP contribution < -0.4 is 33.2 Å². The molecule has 0 radical (unpaired) electrons. The third-order valence-electron chi connectivity index (χ3n) is 3.85. The number of aliphatic imine (C=N–C) groups is 1. The third-order valence-corrected chi connectivity index (χ3v) is 3.85. The molecule has 12 N–H and O–H groups in total. The average Bonchev–Trinajstić information content (AvgIpc) is 2.66. The van der Waals surface area contributed by atoms with Gasteiger partial charge >= 0.3 is 11.9 Å². The van der Waals surface area contributed by atoms with Gasteiger partial charge in [-0.2, -0.15) is 0 Å². The summed E-state index contributed by atoms with van der Waals surface area (Å²) < 4.78 is 0. The summed E-state index contributed by atoms with van der Waals surface area (Å²) in [6.45, 7) is 0.452. The maximum atomic E-state index is 12.6. The highest BCUT2D eigenvalue weighted by molar-refractivity contribution is 5.94. The van der Waals surface area contributed by atoms with Gasteiger partial charge in [0.05, 0.1) is 19.1 Å². The topological polar surface area (TPSA) is 273 Å². The minimum Gasteiger partial charge on any atom is -0.481 e. The number of hydrogen-bond acceptors (Lipinski definition) is 8. The fourth-order valence-electron chi connectivity index (χ4n) is 2.17. The van der Waals surface area contributed by atoms with Gasteiger partial charge < -0.3 is 48.5 Å².